The molecule has 0 bridgehead atoms. The second kappa shape index (κ2) is 20.7. The van der Waals surface area contributed by atoms with Crippen molar-refractivity contribution < 1.29 is 32.7 Å². The Bertz CT molecular complexity index is 924. The van der Waals surface area contributed by atoms with Gasteiger partial charge in [-0.1, -0.05) is 20.8 Å². The molecule has 0 aromatic heterocycles. The SMILES string of the molecule is CC(=O)C1SCCN1C(=O)CC(N)Cc1cc(F)c(F)cc1F.CC(C)CC(=O)O.CCCN(C)CCCNC. The molecule has 0 radical (unpaired) electrons. The quantitative estimate of drug-likeness (QED) is 0.233. The molecule has 12 heteroatoms. The van der Waals surface area contributed by atoms with E-state index in [9.17, 15) is 27.6 Å². The summed E-state index contributed by atoms with van der Waals surface area (Å²) in [6.45, 7) is 11.4. The molecule has 2 unspecified atom stereocenters. The lowest BCUT2D eigenvalue weighted by atomic mass is 10.0. The molecule has 0 aliphatic carbocycles. The van der Waals surface area contributed by atoms with E-state index in [1.165, 1.54) is 49.5 Å². The molecule has 1 aromatic carbocycles. The standard InChI is InChI=1S/C15H17F3N2O2S.C8H20N2.C5H10O2/c1-8(21)15-20(2-3-23-15)14(22)6-10(19)4-9-5-12(17)13(18)7-11(9)16;1-4-7-10(3)8-5-6-9-2;1-4(2)3-5(6)7/h5,7,10,15H,2-4,6,19H2,1H3;9H,4-8H2,1-3H3;4H,3H2,1-2H3,(H,6,7). The minimum atomic E-state index is -1.27. The lowest BCUT2D eigenvalue weighted by Gasteiger charge is -2.23. The number of nitrogens with one attached hydrogen (secondary N) is 1. The molecule has 2 atom stereocenters. The van der Waals surface area contributed by atoms with E-state index in [0.717, 1.165) is 12.6 Å². The van der Waals surface area contributed by atoms with Gasteiger partial charge in [0, 0.05) is 37.2 Å². The number of carboxylic acids is 1. The van der Waals surface area contributed by atoms with Crippen molar-refractivity contribution in [3.63, 3.8) is 0 Å². The Morgan fingerprint density at radius 2 is 1.77 bits per heavy atom. The lowest BCUT2D eigenvalue weighted by molar-refractivity contribution is -0.137. The molecule has 1 aliphatic heterocycles. The van der Waals surface area contributed by atoms with Gasteiger partial charge in [-0.2, -0.15) is 0 Å². The van der Waals surface area contributed by atoms with E-state index in [1.807, 2.05) is 20.9 Å². The number of hydrogen-bond donors (Lipinski definition) is 3. The summed E-state index contributed by atoms with van der Waals surface area (Å²) < 4.78 is 39.6. The zero-order valence-electron chi connectivity index (χ0n) is 24.6. The first kappa shape index (κ1) is 37.9. The third-order valence-electron chi connectivity index (χ3n) is 5.72. The molecule has 1 fully saturated rings. The summed E-state index contributed by atoms with van der Waals surface area (Å²) in [6, 6.07) is 0.460. The van der Waals surface area contributed by atoms with Crippen molar-refractivity contribution in [1.29, 1.82) is 0 Å². The van der Waals surface area contributed by atoms with Crippen LogP contribution < -0.4 is 11.1 Å². The van der Waals surface area contributed by atoms with Gasteiger partial charge in [0.05, 0.1) is 0 Å². The number of Topliss-reactive ketones (excluding diaryl/α,β-unsaturated/α-hetero) is 1. The fraction of sp³-hybridized carbons (Fsp3) is 0.679. The Morgan fingerprint density at radius 1 is 1.15 bits per heavy atom. The number of aliphatic carboxylic acids is 1. The van der Waals surface area contributed by atoms with Crippen LogP contribution in [-0.4, -0.2) is 90.0 Å². The van der Waals surface area contributed by atoms with Gasteiger partial charge >= 0.3 is 5.97 Å². The topological polar surface area (TPSA) is 116 Å². The second-order valence-electron chi connectivity index (χ2n) is 10.2. The molecule has 1 aromatic rings. The molecular weight excluding hydrogens is 545 g/mol. The third kappa shape index (κ3) is 16.2. The van der Waals surface area contributed by atoms with Crippen LogP contribution in [0.25, 0.3) is 0 Å². The predicted octanol–water partition coefficient (Wildman–Crippen LogP) is 3.91. The maximum absolute atomic E-state index is 13.6. The van der Waals surface area contributed by atoms with E-state index in [-0.39, 0.29) is 42.4 Å². The summed E-state index contributed by atoms with van der Waals surface area (Å²) in [6.07, 6.45) is 2.60. The number of halogens is 3. The van der Waals surface area contributed by atoms with Gasteiger partial charge in [0.2, 0.25) is 5.91 Å². The number of benzene rings is 1. The highest BCUT2D eigenvalue weighted by Gasteiger charge is 2.33. The smallest absolute Gasteiger partial charge is 0.303 e. The molecule has 1 heterocycles. The van der Waals surface area contributed by atoms with Crippen LogP contribution in [0.5, 0.6) is 0 Å². The highest BCUT2D eigenvalue weighted by Crippen LogP contribution is 2.25. The van der Waals surface area contributed by atoms with Crippen molar-refractivity contribution in [2.24, 2.45) is 11.7 Å². The van der Waals surface area contributed by atoms with E-state index in [4.69, 9.17) is 10.8 Å². The van der Waals surface area contributed by atoms with Gasteiger partial charge < -0.3 is 26.0 Å². The molecule has 1 saturated heterocycles. The molecule has 8 nitrogen and oxygen atoms in total. The molecular formula is C28H47F3N4O4S. The van der Waals surface area contributed by atoms with Crippen molar-refractivity contribution in [3.8, 4) is 0 Å². The van der Waals surface area contributed by atoms with Crippen LogP contribution in [0.2, 0.25) is 0 Å². The van der Waals surface area contributed by atoms with E-state index in [0.29, 0.717) is 18.4 Å². The highest BCUT2D eigenvalue weighted by molar-refractivity contribution is 8.00. The number of rotatable bonds is 13. The van der Waals surface area contributed by atoms with Gasteiger partial charge in [0.25, 0.3) is 0 Å². The molecule has 4 N–H and O–H groups in total. The fourth-order valence-electron chi connectivity index (χ4n) is 3.85. The van der Waals surface area contributed by atoms with E-state index in [2.05, 4.69) is 24.2 Å². The molecule has 230 valence electrons. The molecule has 1 amide bonds. The number of ketones is 1. The van der Waals surface area contributed by atoms with Crippen LogP contribution in [0.15, 0.2) is 12.1 Å². The summed E-state index contributed by atoms with van der Waals surface area (Å²) >= 11 is 1.39. The summed E-state index contributed by atoms with van der Waals surface area (Å²) in [4.78, 5) is 37.3. The van der Waals surface area contributed by atoms with E-state index < -0.39 is 34.8 Å². The van der Waals surface area contributed by atoms with E-state index in [1.54, 1.807) is 0 Å². The van der Waals surface area contributed by atoms with Gasteiger partial charge in [0.15, 0.2) is 17.4 Å². The number of amides is 1. The van der Waals surface area contributed by atoms with Gasteiger partial charge in [-0.3, -0.25) is 14.4 Å². The molecule has 2 rings (SSSR count). The summed E-state index contributed by atoms with van der Waals surface area (Å²) in [5.41, 5.74) is 5.75. The largest absolute Gasteiger partial charge is 0.481 e. The Hall–Kier alpha value is -2.15. The van der Waals surface area contributed by atoms with Crippen molar-refractivity contribution in [3.05, 3.63) is 35.1 Å². The van der Waals surface area contributed by atoms with Crippen LogP contribution in [-0.2, 0) is 20.8 Å². The number of carbonyl (C=O) groups excluding carboxylic acids is 2. The van der Waals surface area contributed by atoms with Crippen molar-refractivity contribution in [2.75, 3.05) is 46.0 Å². The number of carboxylic acid groups (broad SMARTS) is 1. The van der Waals surface area contributed by atoms with Crippen LogP contribution in [0, 0.1) is 23.4 Å². The Balaban J connectivity index is 0.000000738. The minimum absolute atomic E-state index is 0.0804. The minimum Gasteiger partial charge on any atom is -0.481 e. The highest BCUT2D eigenvalue weighted by atomic mass is 32.2. The van der Waals surface area contributed by atoms with Gasteiger partial charge in [0.1, 0.15) is 11.2 Å². The Morgan fingerprint density at radius 3 is 2.27 bits per heavy atom. The van der Waals surface area contributed by atoms with Crippen LogP contribution >= 0.6 is 11.8 Å². The molecule has 0 saturated carbocycles. The maximum Gasteiger partial charge on any atom is 0.303 e. The zero-order chi connectivity index (χ0) is 30.8. The number of thioether (sulfide) groups is 1. The maximum atomic E-state index is 13.6. The predicted molar refractivity (Wildman–Crippen MR) is 155 cm³/mol. The molecule has 40 heavy (non-hydrogen) atoms. The van der Waals surface area contributed by atoms with Crippen molar-refractivity contribution in [1.82, 2.24) is 15.1 Å². The first-order chi connectivity index (χ1) is 18.7. The Kier molecular flexibility index (Phi) is 19.6. The number of nitrogens with two attached hydrogens (primary N) is 1. The Labute approximate surface area is 241 Å². The summed E-state index contributed by atoms with van der Waals surface area (Å²) in [7, 11) is 4.18. The molecule has 1 aliphatic rings. The molecule has 0 spiro atoms. The first-order valence-electron chi connectivity index (χ1n) is 13.6. The monoisotopic (exact) mass is 592 g/mol. The number of carbonyl (C=O) groups is 3. The summed E-state index contributed by atoms with van der Waals surface area (Å²) in [5.74, 6) is -3.51. The normalized spacial score (nSPS) is 15.3. The summed E-state index contributed by atoms with van der Waals surface area (Å²) in [5, 5.41) is 10.7. The third-order valence-corrected chi connectivity index (χ3v) is 7.04. The zero-order valence-corrected chi connectivity index (χ0v) is 25.5. The average molecular weight is 593 g/mol. The van der Waals surface area contributed by atoms with Crippen molar-refractivity contribution >= 4 is 29.4 Å². The second-order valence-corrected chi connectivity index (χ2v) is 11.4. The van der Waals surface area contributed by atoms with Crippen LogP contribution in [0.4, 0.5) is 13.2 Å². The van der Waals surface area contributed by atoms with Crippen molar-refractivity contribution in [2.45, 2.75) is 71.2 Å². The first-order valence-corrected chi connectivity index (χ1v) is 14.6. The van der Waals surface area contributed by atoms with Gasteiger partial charge in [-0.05, 0) is 77.5 Å². The lowest BCUT2D eigenvalue weighted by Crippen LogP contribution is -2.41. The van der Waals surface area contributed by atoms with Gasteiger partial charge in [-0.15, -0.1) is 11.8 Å². The average Bonchev–Trinajstić information content (AvgIpc) is 3.34. The number of hydrogen-bond acceptors (Lipinski definition) is 7. The van der Waals surface area contributed by atoms with Gasteiger partial charge in [-0.25, -0.2) is 13.2 Å². The van der Waals surface area contributed by atoms with Crippen LogP contribution in [0.3, 0.4) is 0 Å². The van der Waals surface area contributed by atoms with E-state index >= 15 is 0 Å². The number of nitrogens with zero attached hydrogens (tertiary/aromatic N) is 2. The van der Waals surface area contributed by atoms with Crippen LogP contribution in [0.1, 0.15) is 58.9 Å². The fourth-order valence-corrected chi connectivity index (χ4v) is 5.01.